The Kier molecular flexibility index (Phi) is 9.23. The molecule has 0 saturated heterocycles. The molecular formula is C17H24ClIN4O2. The van der Waals surface area contributed by atoms with E-state index in [1.165, 1.54) is 6.26 Å². The van der Waals surface area contributed by atoms with Crippen LogP contribution in [-0.4, -0.2) is 35.7 Å². The third kappa shape index (κ3) is 7.21. The molecule has 0 spiro atoms. The second-order valence-corrected chi connectivity index (χ2v) is 6.00. The van der Waals surface area contributed by atoms with Gasteiger partial charge in [-0.25, -0.2) is 9.98 Å². The molecule has 6 nitrogen and oxygen atoms in total. The van der Waals surface area contributed by atoms with Gasteiger partial charge in [0.05, 0.1) is 12.8 Å². The number of guanidine groups is 1. The molecule has 0 radical (unpaired) electrons. The first-order valence-electron chi connectivity index (χ1n) is 7.90. The first kappa shape index (κ1) is 21.7. The average Bonchev–Trinajstić information content (AvgIpc) is 3.10. The fraction of sp³-hybridized carbons (Fsp3) is 0.412. The van der Waals surface area contributed by atoms with Crippen molar-refractivity contribution in [2.45, 2.75) is 25.9 Å². The van der Waals surface area contributed by atoms with Crippen LogP contribution in [-0.2, 0) is 12.0 Å². The minimum Gasteiger partial charge on any atom is -0.466 e. The molecule has 0 saturated carbocycles. The van der Waals surface area contributed by atoms with Gasteiger partial charge < -0.3 is 20.2 Å². The highest BCUT2D eigenvalue weighted by atomic mass is 127. The van der Waals surface area contributed by atoms with Crippen LogP contribution >= 0.6 is 35.6 Å². The van der Waals surface area contributed by atoms with Gasteiger partial charge >= 0.3 is 0 Å². The maximum Gasteiger partial charge on any atom is 0.191 e. The highest BCUT2D eigenvalue weighted by molar-refractivity contribution is 14.0. The molecule has 0 aliphatic rings. The number of pyridine rings is 1. The molecule has 0 aromatic carbocycles. The third-order valence-electron chi connectivity index (χ3n) is 3.44. The van der Waals surface area contributed by atoms with Gasteiger partial charge in [0.15, 0.2) is 5.96 Å². The van der Waals surface area contributed by atoms with Crippen LogP contribution in [0.4, 0.5) is 0 Å². The zero-order chi connectivity index (χ0) is 17.4. The van der Waals surface area contributed by atoms with Crippen molar-refractivity contribution in [2.75, 3.05) is 19.6 Å². The predicted molar refractivity (Wildman–Crippen MR) is 111 cm³/mol. The second-order valence-electron chi connectivity index (χ2n) is 5.61. The van der Waals surface area contributed by atoms with Crippen LogP contribution in [0.25, 0.3) is 0 Å². The van der Waals surface area contributed by atoms with E-state index in [0.717, 1.165) is 18.5 Å². The summed E-state index contributed by atoms with van der Waals surface area (Å²) in [7, 11) is 0. The maximum absolute atomic E-state index is 10.4. The monoisotopic (exact) mass is 478 g/mol. The number of rotatable bonds is 7. The Hall–Kier alpha value is -1.32. The van der Waals surface area contributed by atoms with E-state index >= 15 is 0 Å². The van der Waals surface area contributed by atoms with Gasteiger partial charge in [0.2, 0.25) is 0 Å². The average molecular weight is 479 g/mol. The van der Waals surface area contributed by atoms with Crippen LogP contribution in [0.2, 0.25) is 5.15 Å². The lowest BCUT2D eigenvalue weighted by molar-refractivity contribution is 0.0437. The molecule has 8 heteroatoms. The molecule has 3 N–H and O–H groups in total. The number of furan rings is 1. The number of aromatic nitrogens is 1. The number of nitrogens with zero attached hydrogens (tertiary/aromatic N) is 2. The van der Waals surface area contributed by atoms with Gasteiger partial charge in [-0.05, 0) is 44.0 Å². The zero-order valence-electron chi connectivity index (χ0n) is 14.3. The third-order valence-corrected chi connectivity index (χ3v) is 3.66. The van der Waals surface area contributed by atoms with Gasteiger partial charge in [-0.2, -0.15) is 0 Å². The van der Waals surface area contributed by atoms with Crippen LogP contribution in [0.3, 0.4) is 0 Å². The van der Waals surface area contributed by atoms with Gasteiger partial charge in [0.1, 0.15) is 16.5 Å². The second kappa shape index (κ2) is 10.6. The molecule has 2 heterocycles. The Morgan fingerprint density at radius 1 is 1.36 bits per heavy atom. The van der Waals surface area contributed by atoms with E-state index < -0.39 is 5.60 Å². The van der Waals surface area contributed by atoms with Crippen LogP contribution in [0.1, 0.15) is 25.2 Å². The Bertz CT molecular complexity index is 645. The van der Waals surface area contributed by atoms with Gasteiger partial charge in [0, 0.05) is 19.3 Å². The van der Waals surface area contributed by atoms with E-state index in [1.54, 1.807) is 31.3 Å². The summed E-state index contributed by atoms with van der Waals surface area (Å²) in [5.74, 6) is 1.14. The van der Waals surface area contributed by atoms with Gasteiger partial charge in [-0.1, -0.05) is 17.7 Å². The zero-order valence-corrected chi connectivity index (χ0v) is 17.4. The maximum atomic E-state index is 10.4. The van der Waals surface area contributed by atoms with Crippen LogP contribution in [0, 0.1) is 0 Å². The minimum atomic E-state index is -1.15. The fourth-order valence-electron chi connectivity index (χ4n) is 2.12. The molecule has 1 unspecified atom stereocenters. The number of hydrogen-bond acceptors (Lipinski definition) is 4. The fourth-order valence-corrected chi connectivity index (χ4v) is 2.23. The van der Waals surface area contributed by atoms with E-state index in [4.69, 9.17) is 16.0 Å². The van der Waals surface area contributed by atoms with Crippen molar-refractivity contribution in [3.05, 3.63) is 53.2 Å². The lowest BCUT2D eigenvalue weighted by Gasteiger charge is -2.19. The van der Waals surface area contributed by atoms with Crippen LogP contribution in [0.15, 0.2) is 46.1 Å². The van der Waals surface area contributed by atoms with E-state index in [0.29, 0.717) is 23.4 Å². The number of aliphatic imine (C=N–C) groups is 1. The van der Waals surface area contributed by atoms with Gasteiger partial charge in [-0.3, -0.25) is 0 Å². The van der Waals surface area contributed by atoms with Gasteiger partial charge in [-0.15, -0.1) is 24.0 Å². The summed E-state index contributed by atoms with van der Waals surface area (Å²) in [4.78, 5) is 8.49. The predicted octanol–water partition coefficient (Wildman–Crippen LogP) is 2.95. The highest BCUT2D eigenvalue weighted by Crippen LogP contribution is 2.20. The van der Waals surface area contributed by atoms with E-state index in [-0.39, 0.29) is 30.5 Å². The molecule has 138 valence electrons. The van der Waals surface area contributed by atoms with Crippen LogP contribution < -0.4 is 10.6 Å². The molecule has 2 aromatic rings. The molecule has 0 aliphatic carbocycles. The molecule has 1 atom stereocenters. The van der Waals surface area contributed by atoms with Crippen molar-refractivity contribution in [3.8, 4) is 0 Å². The summed E-state index contributed by atoms with van der Waals surface area (Å²) < 4.78 is 5.26. The SMILES string of the molecule is CCNC(=NCC(C)(O)c1ccco1)NCCc1ccc(Cl)nc1.I. The first-order chi connectivity index (χ1) is 11.5. The molecule has 2 rings (SSSR count). The Morgan fingerprint density at radius 2 is 2.16 bits per heavy atom. The summed E-state index contributed by atoms with van der Waals surface area (Å²) in [6.07, 6.45) is 4.09. The van der Waals surface area contributed by atoms with Crippen molar-refractivity contribution in [3.63, 3.8) is 0 Å². The molecule has 2 aromatic heterocycles. The molecular weight excluding hydrogens is 455 g/mol. The standard InChI is InChI=1S/C17H23ClN4O2.HI/c1-3-19-16(20-9-8-13-6-7-15(18)21-11-13)22-12-17(2,23)14-5-4-10-24-14;/h4-7,10-11,23H,3,8-9,12H2,1-2H3,(H2,19,20,22);1H. The van der Waals surface area contributed by atoms with E-state index in [2.05, 4.69) is 20.6 Å². The highest BCUT2D eigenvalue weighted by Gasteiger charge is 2.25. The summed E-state index contributed by atoms with van der Waals surface area (Å²) in [5, 5.41) is 17.3. The van der Waals surface area contributed by atoms with E-state index in [1.807, 2.05) is 13.0 Å². The van der Waals surface area contributed by atoms with Crippen molar-refractivity contribution in [1.29, 1.82) is 0 Å². The number of nitrogens with one attached hydrogen (secondary N) is 2. The number of hydrogen-bond donors (Lipinski definition) is 3. The van der Waals surface area contributed by atoms with Crippen molar-refractivity contribution < 1.29 is 9.52 Å². The number of aliphatic hydroxyl groups is 1. The summed E-state index contributed by atoms with van der Waals surface area (Å²) >= 11 is 5.78. The molecule has 0 aliphatic heterocycles. The molecule has 25 heavy (non-hydrogen) atoms. The lowest BCUT2D eigenvalue weighted by atomic mass is 10.0. The topological polar surface area (TPSA) is 82.7 Å². The summed E-state index contributed by atoms with van der Waals surface area (Å²) in [5.41, 5.74) is -0.0586. The largest absolute Gasteiger partial charge is 0.466 e. The van der Waals surface area contributed by atoms with E-state index in [9.17, 15) is 5.11 Å². The van der Waals surface area contributed by atoms with Crippen molar-refractivity contribution in [2.24, 2.45) is 4.99 Å². The first-order valence-corrected chi connectivity index (χ1v) is 8.28. The smallest absolute Gasteiger partial charge is 0.191 e. The molecule has 0 bridgehead atoms. The Morgan fingerprint density at radius 3 is 2.76 bits per heavy atom. The van der Waals surface area contributed by atoms with Crippen molar-refractivity contribution in [1.82, 2.24) is 15.6 Å². The Labute approximate surface area is 170 Å². The van der Waals surface area contributed by atoms with Crippen molar-refractivity contribution >= 4 is 41.5 Å². The summed E-state index contributed by atoms with van der Waals surface area (Å²) in [6.45, 7) is 5.29. The quantitative estimate of drug-likeness (QED) is 0.247. The number of halogens is 2. The normalized spacial score (nSPS) is 13.7. The van der Waals surface area contributed by atoms with Crippen LogP contribution in [0.5, 0.6) is 0 Å². The minimum absolute atomic E-state index is 0. The lowest BCUT2D eigenvalue weighted by Crippen LogP contribution is -2.39. The van der Waals surface area contributed by atoms with Gasteiger partial charge in [0.25, 0.3) is 0 Å². The molecule has 0 amide bonds. The summed E-state index contributed by atoms with van der Waals surface area (Å²) in [6, 6.07) is 7.21. The Balaban J connectivity index is 0.00000312. The molecule has 0 fully saturated rings.